The second-order valence-corrected chi connectivity index (χ2v) is 6.88. The van der Waals surface area contributed by atoms with Crippen molar-refractivity contribution in [3.63, 3.8) is 0 Å². The predicted octanol–water partition coefficient (Wildman–Crippen LogP) is 4.21. The summed E-state index contributed by atoms with van der Waals surface area (Å²) in [5.41, 5.74) is -0.950. The van der Waals surface area contributed by atoms with E-state index >= 15 is 0 Å². The lowest BCUT2D eigenvalue weighted by Crippen LogP contribution is -2.32. The van der Waals surface area contributed by atoms with Crippen molar-refractivity contribution in [1.29, 1.82) is 0 Å². The summed E-state index contributed by atoms with van der Waals surface area (Å²) in [5.74, 6) is -1.38. The van der Waals surface area contributed by atoms with Crippen molar-refractivity contribution in [2.45, 2.75) is 31.6 Å². The number of amides is 1. The van der Waals surface area contributed by atoms with E-state index in [9.17, 15) is 32.9 Å². The van der Waals surface area contributed by atoms with Crippen molar-refractivity contribution in [1.82, 2.24) is 4.90 Å². The third-order valence-electron chi connectivity index (χ3n) is 4.68. The van der Waals surface area contributed by atoms with Crippen LogP contribution in [0.2, 0.25) is 0 Å². The molecule has 0 atom stereocenters. The summed E-state index contributed by atoms with van der Waals surface area (Å²) in [6.07, 6.45) is -3.03. The Hall–Kier alpha value is -3.43. The number of halogens is 3. The van der Waals surface area contributed by atoms with Gasteiger partial charge in [0.2, 0.25) is 0 Å². The zero-order chi connectivity index (χ0) is 22.1. The van der Waals surface area contributed by atoms with Crippen LogP contribution in [0, 0.1) is 10.1 Å². The van der Waals surface area contributed by atoms with Crippen LogP contribution in [0.25, 0.3) is 0 Å². The van der Waals surface area contributed by atoms with Crippen LogP contribution < -0.4 is 0 Å². The van der Waals surface area contributed by atoms with Gasteiger partial charge in [-0.05, 0) is 36.6 Å². The maximum absolute atomic E-state index is 13.1. The summed E-state index contributed by atoms with van der Waals surface area (Å²) in [6.45, 7) is 0.0396. The van der Waals surface area contributed by atoms with Crippen molar-refractivity contribution in [3.8, 4) is 0 Å². The molecule has 1 fully saturated rings. The van der Waals surface area contributed by atoms with E-state index in [-0.39, 0.29) is 23.7 Å². The molecule has 2 aromatic rings. The number of ether oxygens (including phenoxy) is 1. The first-order valence-corrected chi connectivity index (χ1v) is 8.95. The second kappa shape index (κ2) is 8.13. The lowest BCUT2D eigenvalue weighted by Gasteiger charge is -2.23. The number of benzene rings is 2. The molecule has 0 saturated heterocycles. The van der Waals surface area contributed by atoms with Gasteiger partial charge in [-0.15, -0.1) is 0 Å². The predicted molar refractivity (Wildman–Crippen MR) is 98.8 cm³/mol. The Balaban J connectivity index is 1.90. The highest BCUT2D eigenvalue weighted by atomic mass is 19.4. The molecule has 10 heteroatoms. The van der Waals surface area contributed by atoms with Crippen molar-refractivity contribution >= 4 is 17.6 Å². The van der Waals surface area contributed by atoms with Gasteiger partial charge in [-0.25, -0.2) is 4.79 Å². The fourth-order valence-corrected chi connectivity index (χ4v) is 2.99. The van der Waals surface area contributed by atoms with Gasteiger partial charge >= 0.3 is 12.1 Å². The van der Waals surface area contributed by atoms with Crippen LogP contribution >= 0.6 is 0 Å². The van der Waals surface area contributed by atoms with Gasteiger partial charge in [0, 0.05) is 30.3 Å². The van der Waals surface area contributed by atoms with Crippen LogP contribution in [0.15, 0.2) is 42.5 Å². The van der Waals surface area contributed by atoms with E-state index in [1.165, 1.54) is 23.1 Å². The number of alkyl halides is 3. The van der Waals surface area contributed by atoms with Gasteiger partial charge < -0.3 is 9.64 Å². The molecule has 1 aliphatic rings. The van der Waals surface area contributed by atoms with Crippen LogP contribution in [0.3, 0.4) is 0 Å². The first-order valence-electron chi connectivity index (χ1n) is 8.95. The fourth-order valence-electron chi connectivity index (χ4n) is 2.99. The van der Waals surface area contributed by atoms with Gasteiger partial charge in [0.25, 0.3) is 11.6 Å². The summed E-state index contributed by atoms with van der Waals surface area (Å²) in [5, 5.41) is 11.2. The monoisotopic (exact) mass is 422 g/mol. The number of rotatable bonds is 6. The topological polar surface area (TPSA) is 89.8 Å². The molecule has 30 heavy (non-hydrogen) atoms. The lowest BCUT2D eigenvalue weighted by molar-refractivity contribution is -0.384. The number of nitro groups is 1. The number of carbonyl (C=O) groups is 2. The maximum Gasteiger partial charge on any atom is 0.416 e. The molecule has 1 aliphatic carbocycles. The zero-order valence-electron chi connectivity index (χ0n) is 15.8. The molecule has 0 radical (unpaired) electrons. The van der Waals surface area contributed by atoms with Gasteiger partial charge in [0.05, 0.1) is 23.2 Å². The Morgan fingerprint density at radius 3 is 2.23 bits per heavy atom. The molecule has 7 nitrogen and oxygen atoms in total. The summed E-state index contributed by atoms with van der Waals surface area (Å²) in [6, 6.07) is 7.62. The number of hydrogen-bond donors (Lipinski definition) is 0. The summed E-state index contributed by atoms with van der Waals surface area (Å²) >= 11 is 0. The number of hydrogen-bond acceptors (Lipinski definition) is 5. The quantitative estimate of drug-likeness (QED) is 0.395. The standard InChI is InChI=1S/C20H17F3N2O5/c1-30-19(27)14-8-13(9-17(10-14)25(28)29)18(26)24(16-6-7-16)11-12-2-4-15(5-3-12)20(21,22)23/h2-5,8-10,16H,6-7,11H2,1H3. The van der Waals surface area contributed by atoms with Crippen molar-refractivity contribution in [2.24, 2.45) is 0 Å². The third-order valence-corrected chi connectivity index (χ3v) is 4.68. The van der Waals surface area contributed by atoms with Crippen LogP contribution in [0.4, 0.5) is 18.9 Å². The van der Waals surface area contributed by atoms with E-state index in [4.69, 9.17) is 0 Å². The molecule has 0 aromatic heterocycles. The normalized spacial score (nSPS) is 13.6. The van der Waals surface area contributed by atoms with Gasteiger partial charge in [0.15, 0.2) is 0 Å². The molecular weight excluding hydrogens is 405 g/mol. The number of methoxy groups -OCH3 is 1. The summed E-state index contributed by atoms with van der Waals surface area (Å²) in [7, 11) is 1.11. The smallest absolute Gasteiger partial charge is 0.416 e. The lowest BCUT2D eigenvalue weighted by atomic mass is 10.1. The van der Waals surface area contributed by atoms with Crippen molar-refractivity contribution in [3.05, 3.63) is 74.8 Å². The van der Waals surface area contributed by atoms with Crippen LogP contribution in [0.1, 0.15) is 44.7 Å². The van der Waals surface area contributed by atoms with Crippen molar-refractivity contribution < 1.29 is 32.4 Å². The molecule has 1 saturated carbocycles. The third kappa shape index (κ3) is 4.76. The van der Waals surface area contributed by atoms with Gasteiger partial charge in [-0.2, -0.15) is 13.2 Å². The largest absolute Gasteiger partial charge is 0.465 e. The number of non-ortho nitro benzene ring substituents is 1. The van der Waals surface area contributed by atoms with Gasteiger partial charge in [0.1, 0.15) is 0 Å². The van der Waals surface area contributed by atoms with E-state index < -0.39 is 34.2 Å². The Morgan fingerprint density at radius 1 is 1.13 bits per heavy atom. The minimum Gasteiger partial charge on any atom is -0.465 e. The molecule has 3 rings (SSSR count). The molecule has 0 bridgehead atoms. The highest BCUT2D eigenvalue weighted by Gasteiger charge is 2.34. The minimum absolute atomic E-state index is 0.0396. The maximum atomic E-state index is 13.1. The molecule has 1 amide bonds. The van der Waals surface area contributed by atoms with E-state index in [0.717, 1.165) is 31.4 Å². The second-order valence-electron chi connectivity index (χ2n) is 6.88. The highest BCUT2D eigenvalue weighted by Crippen LogP contribution is 2.32. The average Bonchev–Trinajstić information content (AvgIpc) is 3.55. The molecule has 0 heterocycles. The first kappa shape index (κ1) is 21.3. The summed E-state index contributed by atoms with van der Waals surface area (Å²) in [4.78, 5) is 36.8. The first-order chi connectivity index (χ1) is 14.1. The molecule has 0 aliphatic heterocycles. The van der Waals surface area contributed by atoms with E-state index in [1.807, 2.05) is 0 Å². The molecule has 158 valence electrons. The van der Waals surface area contributed by atoms with Crippen LogP contribution in [0.5, 0.6) is 0 Å². The highest BCUT2D eigenvalue weighted by molar-refractivity contribution is 5.99. The van der Waals surface area contributed by atoms with E-state index in [2.05, 4.69) is 4.74 Å². The zero-order valence-corrected chi connectivity index (χ0v) is 15.8. The summed E-state index contributed by atoms with van der Waals surface area (Å²) < 4.78 is 42.8. The molecule has 0 unspecified atom stereocenters. The number of nitro benzene ring substituents is 1. The number of carbonyl (C=O) groups excluding carboxylic acids is 2. The molecule has 0 spiro atoms. The Bertz CT molecular complexity index is 985. The van der Waals surface area contributed by atoms with E-state index in [1.54, 1.807) is 0 Å². The number of esters is 1. The van der Waals surface area contributed by atoms with Crippen LogP contribution in [-0.4, -0.2) is 34.9 Å². The SMILES string of the molecule is COC(=O)c1cc(C(=O)N(Cc2ccc(C(F)(F)F)cc2)C2CC2)cc([N+](=O)[O-])c1. The molecular formula is C20H17F3N2O5. The average molecular weight is 422 g/mol. The van der Waals surface area contributed by atoms with Gasteiger partial charge in [-0.1, -0.05) is 12.1 Å². The van der Waals surface area contributed by atoms with Crippen LogP contribution in [-0.2, 0) is 17.5 Å². The minimum atomic E-state index is -4.46. The molecule has 0 N–H and O–H groups in total. The van der Waals surface area contributed by atoms with Crippen molar-refractivity contribution in [2.75, 3.05) is 7.11 Å². The van der Waals surface area contributed by atoms with Gasteiger partial charge in [-0.3, -0.25) is 14.9 Å². The Kier molecular flexibility index (Phi) is 5.77. The van der Waals surface area contributed by atoms with E-state index in [0.29, 0.717) is 18.4 Å². The Morgan fingerprint density at radius 2 is 1.73 bits per heavy atom. The fraction of sp³-hybridized carbons (Fsp3) is 0.300. The number of nitrogens with zero attached hydrogens (tertiary/aromatic N) is 2. The Labute approximate surface area is 169 Å². The molecule has 2 aromatic carbocycles.